The molecule has 7 nitrogen and oxygen atoms in total. The highest BCUT2D eigenvalue weighted by Crippen LogP contribution is 2.08. The summed E-state index contributed by atoms with van der Waals surface area (Å²) in [7, 11) is -3.75. The predicted octanol–water partition coefficient (Wildman–Crippen LogP) is -0.140. The molecule has 18 heavy (non-hydrogen) atoms. The van der Waals surface area contributed by atoms with E-state index in [-0.39, 0.29) is 11.4 Å². The van der Waals surface area contributed by atoms with Crippen LogP contribution in [-0.2, 0) is 16.4 Å². The van der Waals surface area contributed by atoms with Crippen molar-refractivity contribution in [1.29, 1.82) is 0 Å². The normalized spacial score (nSPS) is 11.6. The first-order valence-electron chi connectivity index (χ1n) is 5.02. The van der Waals surface area contributed by atoms with Crippen LogP contribution >= 0.6 is 0 Å². The Bertz CT molecular complexity index is 614. The quantitative estimate of drug-likeness (QED) is 0.788. The van der Waals surface area contributed by atoms with Crippen LogP contribution in [-0.4, -0.2) is 35.1 Å². The van der Waals surface area contributed by atoms with Crippen molar-refractivity contribution >= 4 is 10.0 Å². The van der Waals surface area contributed by atoms with Crippen LogP contribution in [0, 0.1) is 5.82 Å². The van der Waals surface area contributed by atoms with Gasteiger partial charge in [0.25, 0.3) is 0 Å². The van der Waals surface area contributed by atoms with E-state index < -0.39 is 15.8 Å². The molecule has 0 amide bonds. The largest absolute Gasteiger partial charge is 0.263 e. The molecule has 0 aromatic carbocycles. The molecular formula is C9H10FN5O2S. The van der Waals surface area contributed by atoms with E-state index in [2.05, 4.69) is 24.9 Å². The summed E-state index contributed by atoms with van der Waals surface area (Å²) in [6, 6.07) is 0.907. The molecule has 9 heteroatoms. The van der Waals surface area contributed by atoms with Crippen LogP contribution in [0.1, 0.15) is 5.82 Å². The van der Waals surface area contributed by atoms with Crippen LogP contribution < -0.4 is 4.72 Å². The molecule has 0 fully saturated rings. The minimum absolute atomic E-state index is 0.133. The second-order valence-electron chi connectivity index (χ2n) is 3.42. The van der Waals surface area contributed by atoms with Gasteiger partial charge >= 0.3 is 0 Å². The Hall–Kier alpha value is -1.87. The van der Waals surface area contributed by atoms with Gasteiger partial charge in [0, 0.05) is 19.2 Å². The standard InChI is InChI=1S/C9H10FN5O2S/c10-7-3-8(5-11-4-7)18(16,17)14-2-1-9-12-6-13-15-9/h3-6,14H,1-2H2,(H,12,13,15). The SMILES string of the molecule is O=S(=O)(NCCc1ncn[nH]1)c1cncc(F)c1. The van der Waals surface area contributed by atoms with Crippen LogP contribution in [0.25, 0.3) is 0 Å². The smallest absolute Gasteiger partial charge is 0.242 e. The Morgan fingerprint density at radius 3 is 2.89 bits per heavy atom. The third kappa shape index (κ3) is 3.08. The van der Waals surface area contributed by atoms with Crippen molar-refractivity contribution in [2.45, 2.75) is 11.3 Å². The zero-order valence-electron chi connectivity index (χ0n) is 9.17. The van der Waals surface area contributed by atoms with E-state index >= 15 is 0 Å². The van der Waals surface area contributed by atoms with E-state index in [4.69, 9.17) is 0 Å². The van der Waals surface area contributed by atoms with Gasteiger partial charge < -0.3 is 0 Å². The Morgan fingerprint density at radius 2 is 2.22 bits per heavy atom. The fourth-order valence-electron chi connectivity index (χ4n) is 1.28. The number of hydrogen-bond donors (Lipinski definition) is 2. The predicted molar refractivity (Wildman–Crippen MR) is 59.5 cm³/mol. The van der Waals surface area contributed by atoms with E-state index in [1.54, 1.807) is 0 Å². The molecule has 0 unspecified atom stereocenters. The van der Waals surface area contributed by atoms with Crippen molar-refractivity contribution in [1.82, 2.24) is 24.9 Å². The number of rotatable bonds is 5. The zero-order valence-corrected chi connectivity index (χ0v) is 9.98. The molecule has 2 rings (SSSR count). The Labute approximate surface area is 103 Å². The van der Waals surface area contributed by atoms with E-state index in [0.717, 1.165) is 18.5 Å². The molecular weight excluding hydrogens is 261 g/mol. The molecule has 2 N–H and O–H groups in total. The molecule has 0 aliphatic heterocycles. The highest BCUT2D eigenvalue weighted by Gasteiger charge is 2.14. The van der Waals surface area contributed by atoms with Gasteiger partial charge in [0.2, 0.25) is 10.0 Å². The average Bonchev–Trinajstić information content (AvgIpc) is 2.82. The number of aromatic nitrogens is 4. The maximum Gasteiger partial charge on any atom is 0.242 e. The third-order valence-electron chi connectivity index (χ3n) is 2.11. The van der Waals surface area contributed by atoms with Crippen molar-refractivity contribution in [3.63, 3.8) is 0 Å². The molecule has 96 valence electrons. The number of halogens is 1. The average molecular weight is 271 g/mol. The summed E-state index contributed by atoms with van der Waals surface area (Å²) in [6.07, 6.45) is 3.72. The molecule has 0 saturated heterocycles. The van der Waals surface area contributed by atoms with Crippen LogP contribution in [0.4, 0.5) is 4.39 Å². The molecule has 0 aliphatic carbocycles. The van der Waals surface area contributed by atoms with E-state index in [0.29, 0.717) is 12.2 Å². The van der Waals surface area contributed by atoms with Gasteiger partial charge in [-0.15, -0.1) is 0 Å². The van der Waals surface area contributed by atoms with Crippen LogP contribution in [0.15, 0.2) is 29.7 Å². The summed E-state index contributed by atoms with van der Waals surface area (Å²) < 4.78 is 38.7. The minimum atomic E-state index is -3.75. The number of sulfonamides is 1. The van der Waals surface area contributed by atoms with Crippen molar-refractivity contribution < 1.29 is 12.8 Å². The lowest BCUT2D eigenvalue weighted by Crippen LogP contribution is -2.26. The van der Waals surface area contributed by atoms with Crippen LogP contribution in [0.2, 0.25) is 0 Å². The minimum Gasteiger partial charge on any atom is -0.263 e. The maximum absolute atomic E-state index is 12.9. The highest BCUT2D eigenvalue weighted by molar-refractivity contribution is 7.89. The topological polar surface area (TPSA) is 101 Å². The summed E-state index contributed by atoms with van der Waals surface area (Å²) in [6.45, 7) is 0.133. The van der Waals surface area contributed by atoms with Gasteiger partial charge in [-0.1, -0.05) is 0 Å². The first-order valence-corrected chi connectivity index (χ1v) is 6.51. The van der Waals surface area contributed by atoms with Gasteiger partial charge in [-0.2, -0.15) is 5.10 Å². The van der Waals surface area contributed by atoms with Crippen molar-refractivity contribution in [2.24, 2.45) is 0 Å². The van der Waals surface area contributed by atoms with Gasteiger partial charge in [-0.05, 0) is 6.07 Å². The number of nitrogens with one attached hydrogen (secondary N) is 2. The number of pyridine rings is 1. The third-order valence-corrected chi connectivity index (χ3v) is 3.54. The van der Waals surface area contributed by atoms with Crippen molar-refractivity contribution in [2.75, 3.05) is 6.54 Å². The zero-order chi connectivity index (χ0) is 13.0. The lowest BCUT2D eigenvalue weighted by atomic mass is 10.4. The molecule has 0 saturated carbocycles. The van der Waals surface area contributed by atoms with Crippen molar-refractivity contribution in [3.05, 3.63) is 36.4 Å². The first-order chi connectivity index (χ1) is 8.58. The summed E-state index contributed by atoms with van der Waals surface area (Å²) >= 11 is 0. The molecule has 2 aromatic rings. The Balaban J connectivity index is 1.99. The van der Waals surface area contributed by atoms with E-state index in [1.807, 2.05) is 0 Å². The second kappa shape index (κ2) is 5.19. The molecule has 2 heterocycles. The number of nitrogens with zero attached hydrogens (tertiary/aromatic N) is 3. The number of hydrogen-bond acceptors (Lipinski definition) is 5. The van der Waals surface area contributed by atoms with Gasteiger partial charge in [0.05, 0.1) is 6.20 Å². The maximum atomic E-state index is 12.9. The van der Waals surface area contributed by atoms with Gasteiger partial charge in [-0.25, -0.2) is 22.5 Å². The molecule has 0 bridgehead atoms. The Kier molecular flexibility index (Phi) is 3.63. The van der Waals surface area contributed by atoms with E-state index in [1.165, 1.54) is 6.33 Å². The van der Waals surface area contributed by atoms with Gasteiger partial charge in [0.15, 0.2) is 0 Å². The molecule has 0 radical (unpaired) electrons. The summed E-state index contributed by atoms with van der Waals surface area (Å²) in [4.78, 5) is 7.13. The lowest BCUT2D eigenvalue weighted by molar-refractivity contribution is 0.575. The number of aromatic amines is 1. The van der Waals surface area contributed by atoms with Gasteiger partial charge in [-0.3, -0.25) is 10.1 Å². The molecule has 2 aromatic heterocycles. The second-order valence-corrected chi connectivity index (χ2v) is 5.19. The van der Waals surface area contributed by atoms with Crippen LogP contribution in [0.3, 0.4) is 0 Å². The van der Waals surface area contributed by atoms with E-state index in [9.17, 15) is 12.8 Å². The molecule has 0 spiro atoms. The van der Waals surface area contributed by atoms with Gasteiger partial charge in [0.1, 0.15) is 22.9 Å². The fraction of sp³-hybridized carbons (Fsp3) is 0.222. The first kappa shape index (κ1) is 12.6. The number of H-pyrrole nitrogens is 1. The fourth-order valence-corrected chi connectivity index (χ4v) is 2.28. The Morgan fingerprint density at radius 1 is 1.39 bits per heavy atom. The molecule has 0 atom stereocenters. The monoisotopic (exact) mass is 271 g/mol. The van der Waals surface area contributed by atoms with Crippen molar-refractivity contribution in [3.8, 4) is 0 Å². The highest BCUT2D eigenvalue weighted by atomic mass is 32.2. The lowest BCUT2D eigenvalue weighted by Gasteiger charge is -2.05. The summed E-state index contributed by atoms with van der Waals surface area (Å²) in [5.41, 5.74) is 0. The summed E-state index contributed by atoms with van der Waals surface area (Å²) in [5, 5.41) is 6.24. The molecule has 0 aliphatic rings. The summed E-state index contributed by atoms with van der Waals surface area (Å²) in [5.74, 6) is -0.136. The van der Waals surface area contributed by atoms with Crippen LogP contribution in [0.5, 0.6) is 0 Å².